The third-order valence-electron chi connectivity index (χ3n) is 12.1. The first kappa shape index (κ1) is 67.5. The molecular weight excluding hydrogens is 1000 g/mol. The van der Waals surface area contributed by atoms with Crippen LogP contribution in [-0.4, -0.2) is 111 Å². The smallest absolute Gasteiger partial charge is 0.389 e. The van der Waals surface area contributed by atoms with Crippen LogP contribution in [0.5, 0.6) is 0 Å². The molecule has 0 aromatic rings. The maximum Gasteiger partial charge on any atom is 0.389 e. The summed E-state index contributed by atoms with van der Waals surface area (Å²) in [5, 5.41) is 0. The Labute approximate surface area is 422 Å². The molecule has 0 bridgehead atoms. The standard InChI is InChI=1S/C50H79F12NO10/c51-47(52,53)29-13-1-5-20-40(21-6-2-14-30-48(54,55)56)72-45(67)26-11-9-24-42(64)69-36-39(38-71-44(66)28-19-35-63-33-17-18-34-63)37-70-43(65)25-10-12-27-46(68)73-41(22-7-3-15-31-49(57,58)59)23-8-4-16-32-50(60,61)62/h39-41H,1-38H2. The van der Waals surface area contributed by atoms with Crippen LogP contribution in [0.2, 0.25) is 0 Å². The van der Waals surface area contributed by atoms with E-state index < -0.39 is 98.4 Å². The van der Waals surface area contributed by atoms with Crippen molar-refractivity contribution in [2.24, 2.45) is 5.92 Å². The molecule has 0 aromatic heterocycles. The first-order valence-electron chi connectivity index (χ1n) is 26.1. The van der Waals surface area contributed by atoms with E-state index >= 15 is 0 Å². The number of nitrogens with zero attached hydrogens (tertiary/aromatic N) is 1. The Kier molecular flexibility index (Phi) is 35.2. The summed E-state index contributed by atoms with van der Waals surface area (Å²) in [4.78, 5) is 65.5. The second-order valence-corrected chi connectivity index (χ2v) is 19.1. The Morgan fingerprint density at radius 1 is 0.356 bits per heavy atom. The lowest BCUT2D eigenvalue weighted by molar-refractivity contribution is -0.155. The highest BCUT2D eigenvalue weighted by Gasteiger charge is 2.29. The number of likely N-dealkylation sites (tertiary alicyclic amines) is 1. The highest BCUT2D eigenvalue weighted by molar-refractivity contribution is 5.71. The first-order chi connectivity index (χ1) is 34.3. The Hall–Kier alpha value is -3.53. The summed E-state index contributed by atoms with van der Waals surface area (Å²) in [6.45, 7) is 1.83. The number of carbonyl (C=O) groups is 5. The van der Waals surface area contributed by atoms with Gasteiger partial charge in [0, 0.05) is 57.8 Å². The van der Waals surface area contributed by atoms with E-state index in [-0.39, 0.29) is 155 Å². The monoisotopic (exact) mass is 1080 g/mol. The summed E-state index contributed by atoms with van der Waals surface area (Å²) in [6, 6.07) is 0. The number of ether oxygens (including phenoxy) is 5. The highest BCUT2D eigenvalue weighted by atomic mass is 19.4. The van der Waals surface area contributed by atoms with Crippen LogP contribution in [0.3, 0.4) is 0 Å². The number of hydrogen-bond acceptors (Lipinski definition) is 11. The van der Waals surface area contributed by atoms with E-state index in [0.29, 0.717) is 32.1 Å². The van der Waals surface area contributed by atoms with Gasteiger partial charge in [0.2, 0.25) is 0 Å². The van der Waals surface area contributed by atoms with E-state index in [2.05, 4.69) is 4.90 Å². The van der Waals surface area contributed by atoms with Crippen molar-refractivity contribution in [2.75, 3.05) is 39.5 Å². The molecule has 0 N–H and O–H groups in total. The zero-order chi connectivity index (χ0) is 54.6. The van der Waals surface area contributed by atoms with Crippen molar-refractivity contribution < 1.29 is 100 Å². The van der Waals surface area contributed by atoms with E-state index in [1.54, 1.807) is 0 Å². The number of carbonyl (C=O) groups excluding carboxylic acids is 5. The van der Waals surface area contributed by atoms with Gasteiger partial charge in [-0.3, -0.25) is 24.0 Å². The minimum absolute atomic E-state index is 0.103. The molecule has 73 heavy (non-hydrogen) atoms. The SMILES string of the molecule is O=C(CCCCC(=O)OC(CCCCCC(F)(F)F)CCCCCC(F)(F)F)OCC(COC(=O)CCCCC(=O)OC(CCCCCC(F)(F)F)CCCCCC(F)(F)F)COC(=O)CCCN1CCCC1. The van der Waals surface area contributed by atoms with Gasteiger partial charge in [-0.05, 0) is 142 Å². The van der Waals surface area contributed by atoms with Gasteiger partial charge in [-0.1, -0.05) is 25.7 Å². The second-order valence-electron chi connectivity index (χ2n) is 19.1. The van der Waals surface area contributed by atoms with Crippen LogP contribution in [0.4, 0.5) is 52.7 Å². The molecule has 1 rings (SSSR count). The van der Waals surface area contributed by atoms with Gasteiger partial charge in [-0.15, -0.1) is 0 Å². The van der Waals surface area contributed by atoms with Crippen molar-refractivity contribution in [3.05, 3.63) is 0 Å². The van der Waals surface area contributed by atoms with E-state index in [1.807, 2.05) is 0 Å². The minimum atomic E-state index is -4.30. The van der Waals surface area contributed by atoms with Crippen LogP contribution in [0.25, 0.3) is 0 Å². The first-order valence-corrected chi connectivity index (χ1v) is 26.1. The molecule has 1 fully saturated rings. The third-order valence-corrected chi connectivity index (χ3v) is 12.1. The Morgan fingerprint density at radius 2 is 0.630 bits per heavy atom. The molecule has 0 atom stereocenters. The van der Waals surface area contributed by atoms with Crippen LogP contribution in [0.15, 0.2) is 0 Å². The number of esters is 5. The highest BCUT2D eigenvalue weighted by Crippen LogP contribution is 2.28. The number of hydrogen-bond donors (Lipinski definition) is 0. The fourth-order valence-corrected chi connectivity index (χ4v) is 8.03. The van der Waals surface area contributed by atoms with Crippen molar-refractivity contribution in [3.8, 4) is 0 Å². The molecule has 23 heteroatoms. The zero-order valence-corrected chi connectivity index (χ0v) is 42.2. The van der Waals surface area contributed by atoms with Gasteiger partial charge in [0.25, 0.3) is 0 Å². The zero-order valence-electron chi connectivity index (χ0n) is 42.2. The summed E-state index contributed by atoms with van der Waals surface area (Å²) in [6.07, 6.45) is -16.2. The van der Waals surface area contributed by atoms with Crippen LogP contribution >= 0.6 is 0 Å². The Morgan fingerprint density at radius 3 is 0.918 bits per heavy atom. The van der Waals surface area contributed by atoms with Crippen molar-refractivity contribution in [1.29, 1.82) is 0 Å². The molecule has 0 aliphatic carbocycles. The summed E-state index contributed by atoms with van der Waals surface area (Å²) in [5.41, 5.74) is 0. The molecule has 0 unspecified atom stereocenters. The average Bonchev–Trinajstić information content (AvgIpc) is 3.80. The molecule has 1 saturated heterocycles. The lowest BCUT2D eigenvalue weighted by Crippen LogP contribution is -2.27. The number of unbranched alkanes of at least 4 members (excludes halogenated alkanes) is 10. The lowest BCUT2D eigenvalue weighted by atomic mass is 10.0. The summed E-state index contributed by atoms with van der Waals surface area (Å²) >= 11 is 0. The van der Waals surface area contributed by atoms with Crippen molar-refractivity contribution >= 4 is 29.8 Å². The average molecular weight is 1080 g/mol. The van der Waals surface area contributed by atoms with Crippen LogP contribution in [-0.2, 0) is 47.7 Å². The van der Waals surface area contributed by atoms with Gasteiger partial charge in [0.1, 0.15) is 32.0 Å². The lowest BCUT2D eigenvalue weighted by Gasteiger charge is -2.19. The van der Waals surface area contributed by atoms with Crippen molar-refractivity contribution in [3.63, 3.8) is 0 Å². The van der Waals surface area contributed by atoms with Gasteiger partial charge in [-0.2, -0.15) is 52.7 Å². The molecule has 0 aromatic carbocycles. The number of halogens is 12. The topological polar surface area (TPSA) is 135 Å². The van der Waals surface area contributed by atoms with Crippen molar-refractivity contribution in [1.82, 2.24) is 4.90 Å². The van der Waals surface area contributed by atoms with Crippen LogP contribution in [0.1, 0.15) is 205 Å². The molecule has 0 amide bonds. The normalized spacial score (nSPS) is 13.8. The number of rotatable bonds is 42. The molecule has 428 valence electrons. The molecule has 11 nitrogen and oxygen atoms in total. The van der Waals surface area contributed by atoms with Gasteiger partial charge >= 0.3 is 54.6 Å². The summed E-state index contributed by atoms with van der Waals surface area (Å²) < 4.78 is 178. The van der Waals surface area contributed by atoms with E-state index in [9.17, 15) is 76.7 Å². The molecule has 0 saturated carbocycles. The van der Waals surface area contributed by atoms with E-state index in [4.69, 9.17) is 23.7 Å². The second kappa shape index (κ2) is 38.1. The molecule has 1 heterocycles. The maximum absolute atomic E-state index is 12.7. The maximum atomic E-state index is 12.7. The molecule has 1 aliphatic heterocycles. The fourth-order valence-electron chi connectivity index (χ4n) is 8.03. The van der Waals surface area contributed by atoms with Gasteiger partial charge in [-0.25, -0.2) is 0 Å². The predicted octanol–water partition coefficient (Wildman–Crippen LogP) is 14.1. The van der Waals surface area contributed by atoms with Crippen molar-refractivity contribution in [2.45, 2.75) is 242 Å². The van der Waals surface area contributed by atoms with Gasteiger partial charge in [0.15, 0.2) is 0 Å². The minimum Gasteiger partial charge on any atom is -0.465 e. The predicted molar refractivity (Wildman–Crippen MR) is 245 cm³/mol. The molecular formula is C50H79F12NO10. The van der Waals surface area contributed by atoms with Crippen LogP contribution in [0, 0.1) is 5.92 Å². The fraction of sp³-hybridized carbons (Fsp3) is 0.900. The summed E-state index contributed by atoms with van der Waals surface area (Å²) in [7, 11) is 0. The van der Waals surface area contributed by atoms with Gasteiger partial charge in [0.05, 0.1) is 5.92 Å². The van der Waals surface area contributed by atoms with Crippen LogP contribution < -0.4 is 0 Å². The largest absolute Gasteiger partial charge is 0.465 e. The Balaban J connectivity index is 2.64. The molecule has 0 spiro atoms. The third kappa shape index (κ3) is 44.5. The quantitative estimate of drug-likeness (QED) is 0.0250. The molecule has 1 aliphatic rings. The van der Waals surface area contributed by atoms with Gasteiger partial charge < -0.3 is 28.6 Å². The Bertz CT molecular complexity index is 1370. The summed E-state index contributed by atoms with van der Waals surface area (Å²) in [5.74, 6) is -3.80. The van der Waals surface area contributed by atoms with E-state index in [1.165, 1.54) is 0 Å². The van der Waals surface area contributed by atoms with E-state index in [0.717, 1.165) is 32.5 Å². The molecule has 0 radical (unpaired) electrons. The number of alkyl halides is 12.